The van der Waals surface area contributed by atoms with Crippen molar-refractivity contribution in [3.63, 3.8) is 0 Å². The number of rotatable bonds is 5. The summed E-state index contributed by atoms with van der Waals surface area (Å²) >= 11 is 0. The van der Waals surface area contributed by atoms with Crippen molar-refractivity contribution in [2.75, 3.05) is 19.8 Å². The third kappa shape index (κ3) is 2.79. The highest BCUT2D eigenvalue weighted by Crippen LogP contribution is 2.20. The van der Waals surface area contributed by atoms with E-state index >= 15 is 0 Å². The van der Waals surface area contributed by atoms with Gasteiger partial charge in [-0.05, 0) is 19.1 Å². The maximum Gasteiger partial charge on any atom is 0.252 e. The molecule has 0 bridgehead atoms. The molecule has 0 spiro atoms. The largest absolute Gasteiger partial charge is 0.508 e. The Morgan fingerprint density at radius 3 is 2.28 bits per heavy atom. The van der Waals surface area contributed by atoms with E-state index < -0.39 is 31.3 Å². The summed E-state index contributed by atoms with van der Waals surface area (Å²) in [5.41, 5.74) is -0.873. The lowest BCUT2D eigenvalue weighted by Gasteiger charge is -2.28. The van der Waals surface area contributed by atoms with Gasteiger partial charge in [-0.2, -0.15) is 0 Å². The van der Waals surface area contributed by atoms with Crippen LogP contribution in [0.1, 0.15) is 15.9 Å². The van der Waals surface area contributed by atoms with Gasteiger partial charge in [0.15, 0.2) is 0 Å². The van der Waals surface area contributed by atoms with E-state index in [1.54, 1.807) is 6.92 Å². The van der Waals surface area contributed by atoms with Gasteiger partial charge in [0.1, 0.15) is 11.3 Å². The van der Waals surface area contributed by atoms with Gasteiger partial charge in [-0.15, -0.1) is 0 Å². The second-order valence-corrected chi connectivity index (χ2v) is 4.16. The van der Waals surface area contributed by atoms with Crippen LogP contribution in [0.5, 0.6) is 5.75 Å². The number of aromatic hydroxyl groups is 1. The molecule has 100 valence electrons. The highest BCUT2D eigenvalue weighted by Gasteiger charge is 2.30. The zero-order valence-corrected chi connectivity index (χ0v) is 10.1. The lowest BCUT2D eigenvalue weighted by atomic mass is 10.0. The molecule has 0 aliphatic carbocycles. The summed E-state index contributed by atoms with van der Waals surface area (Å²) in [6.07, 6.45) is 0. The van der Waals surface area contributed by atoms with Crippen LogP contribution >= 0.6 is 0 Å². The van der Waals surface area contributed by atoms with Crippen molar-refractivity contribution in [1.29, 1.82) is 0 Å². The maximum absolute atomic E-state index is 12.0. The number of carbonyl (C=O) groups excluding carboxylic acids is 1. The lowest BCUT2D eigenvalue weighted by Crippen LogP contribution is -2.57. The van der Waals surface area contributed by atoms with E-state index in [1.807, 2.05) is 0 Å². The Hall–Kier alpha value is -1.63. The van der Waals surface area contributed by atoms with Crippen LogP contribution in [0.2, 0.25) is 0 Å². The number of aliphatic hydroxyl groups excluding tert-OH is 3. The molecular weight excluding hydrogens is 238 g/mol. The molecule has 6 heteroatoms. The average Bonchev–Trinajstić information content (AvgIpc) is 2.39. The summed E-state index contributed by atoms with van der Waals surface area (Å²) in [5.74, 6) is -0.606. The van der Waals surface area contributed by atoms with Crippen LogP contribution in [0.4, 0.5) is 0 Å². The van der Waals surface area contributed by atoms with Crippen LogP contribution in [-0.4, -0.2) is 51.7 Å². The minimum absolute atomic E-state index is 0.0229. The molecule has 5 N–H and O–H groups in total. The van der Waals surface area contributed by atoms with Crippen LogP contribution in [-0.2, 0) is 0 Å². The Morgan fingerprint density at radius 2 is 1.78 bits per heavy atom. The molecular formula is C12H17NO5. The molecule has 1 rings (SSSR count). The van der Waals surface area contributed by atoms with Gasteiger partial charge in [-0.1, -0.05) is 6.07 Å². The van der Waals surface area contributed by atoms with Crippen LogP contribution in [0.15, 0.2) is 18.2 Å². The standard InChI is InChI=1S/C12H17NO5/c1-8-9(3-2-4-10(8)17)11(18)13-12(5-14,6-15)7-16/h2-4,14-17H,5-7H2,1H3,(H,13,18). The predicted molar refractivity (Wildman–Crippen MR) is 64.3 cm³/mol. The summed E-state index contributed by atoms with van der Waals surface area (Å²) in [4.78, 5) is 12.0. The van der Waals surface area contributed by atoms with E-state index in [1.165, 1.54) is 18.2 Å². The van der Waals surface area contributed by atoms with Crippen molar-refractivity contribution in [3.8, 4) is 5.75 Å². The van der Waals surface area contributed by atoms with Crippen molar-refractivity contribution in [2.45, 2.75) is 12.5 Å². The van der Waals surface area contributed by atoms with Crippen molar-refractivity contribution in [1.82, 2.24) is 5.32 Å². The quantitative estimate of drug-likeness (QED) is 0.470. The SMILES string of the molecule is Cc1c(O)cccc1C(=O)NC(CO)(CO)CO. The summed E-state index contributed by atoms with van der Waals surface area (Å²) in [5, 5.41) is 39.2. The Balaban J connectivity index is 2.98. The number of phenolic OH excluding ortho intramolecular Hbond substituents is 1. The highest BCUT2D eigenvalue weighted by molar-refractivity contribution is 5.96. The molecule has 0 unspecified atom stereocenters. The molecule has 0 radical (unpaired) electrons. The summed E-state index contributed by atoms with van der Waals surface area (Å²) < 4.78 is 0. The number of nitrogens with one attached hydrogen (secondary N) is 1. The van der Waals surface area contributed by atoms with Crippen LogP contribution in [0.25, 0.3) is 0 Å². The fraction of sp³-hybridized carbons (Fsp3) is 0.417. The molecule has 0 aromatic heterocycles. The molecule has 0 fully saturated rings. The van der Waals surface area contributed by atoms with Gasteiger partial charge in [0, 0.05) is 11.1 Å². The van der Waals surface area contributed by atoms with Crippen molar-refractivity contribution in [2.24, 2.45) is 0 Å². The number of aliphatic hydroxyl groups is 3. The normalized spacial score (nSPS) is 11.3. The fourth-order valence-electron chi connectivity index (χ4n) is 1.45. The smallest absolute Gasteiger partial charge is 0.252 e. The van der Waals surface area contributed by atoms with Crippen molar-refractivity contribution in [3.05, 3.63) is 29.3 Å². The number of phenols is 1. The first-order valence-electron chi connectivity index (χ1n) is 5.43. The molecule has 0 atom stereocenters. The minimum atomic E-state index is -1.48. The topological polar surface area (TPSA) is 110 Å². The van der Waals surface area contributed by atoms with Gasteiger partial charge in [-0.3, -0.25) is 4.79 Å². The van der Waals surface area contributed by atoms with Gasteiger partial charge >= 0.3 is 0 Å². The first kappa shape index (κ1) is 14.4. The van der Waals surface area contributed by atoms with E-state index in [2.05, 4.69) is 5.32 Å². The zero-order valence-electron chi connectivity index (χ0n) is 10.1. The number of carbonyl (C=O) groups is 1. The molecule has 0 aliphatic rings. The summed E-state index contributed by atoms with van der Waals surface area (Å²) in [6.45, 7) is -0.209. The molecule has 1 aromatic rings. The van der Waals surface area contributed by atoms with Gasteiger partial charge in [-0.25, -0.2) is 0 Å². The second kappa shape index (κ2) is 5.81. The molecule has 18 heavy (non-hydrogen) atoms. The van der Waals surface area contributed by atoms with E-state index in [0.29, 0.717) is 5.56 Å². The van der Waals surface area contributed by atoms with Crippen LogP contribution < -0.4 is 5.32 Å². The highest BCUT2D eigenvalue weighted by atomic mass is 16.3. The molecule has 0 saturated heterocycles. The van der Waals surface area contributed by atoms with Crippen LogP contribution in [0.3, 0.4) is 0 Å². The molecule has 1 aromatic carbocycles. The van der Waals surface area contributed by atoms with Crippen molar-refractivity contribution < 1.29 is 25.2 Å². The lowest BCUT2D eigenvalue weighted by molar-refractivity contribution is 0.0375. The zero-order chi connectivity index (χ0) is 13.8. The van der Waals surface area contributed by atoms with Gasteiger partial charge in [0.05, 0.1) is 19.8 Å². The number of hydrogen-bond donors (Lipinski definition) is 5. The Morgan fingerprint density at radius 1 is 1.22 bits per heavy atom. The first-order chi connectivity index (χ1) is 8.49. The maximum atomic E-state index is 12.0. The predicted octanol–water partition coefficient (Wildman–Crippen LogP) is -0.854. The minimum Gasteiger partial charge on any atom is -0.508 e. The first-order valence-corrected chi connectivity index (χ1v) is 5.43. The molecule has 6 nitrogen and oxygen atoms in total. The third-order valence-electron chi connectivity index (χ3n) is 2.84. The molecule has 0 heterocycles. The number of hydrogen-bond acceptors (Lipinski definition) is 5. The summed E-state index contributed by atoms with van der Waals surface area (Å²) in [6, 6.07) is 4.46. The van der Waals surface area contributed by atoms with Gasteiger partial charge in [0.25, 0.3) is 5.91 Å². The van der Waals surface area contributed by atoms with Gasteiger partial charge in [0.2, 0.25) is 0 Å². The van der Waals surface area contributed by atoms with E-state index in [0.717, 1.165) is 0 Å². The second-order valence-electron chi connectivity index (χ2n) is 4.16. The Kier molecular flexibility index (Phi) is 4.66. The van der Waals surface area contributed by atoms with Crippen molar-refractivity contribution >= 4 is 5.91 Å². The molecule has 0 aliphatic heterocycles. The average molecular weight is 255 g/mol. The Labute approximate surface area is 105 Å². The number of amides is 1. The van der Waals surface area contributed by atoms with E-state index in [-0.39, 0.29) is 11.3 Å². The third-order valence-corrected chi connectivity index (χ3v) is 2.84. The molecule has 0 saturated carbocycles. The summed E-state index contributed by atoms with van der Waals surface area (Å²) in [7, 11) is 0. The molecule has 1 amide bonds. The monoisotopic (exact) mass is 255 g/mol. The number of benzene rings is 1. The van der Waals surface area contributed by atoms with Gasteiger partial charge < -0.3 is 25.7 Å². The van der Waals surface area contributed by atoms with E-state index in [9.17, 15) is 9.90 Å². The van der Waals surface area contributed by atoms with Crippen LogP contribution in [0, 0.1) is 6.92 Å². The fourth-order valence-corrected chi connectivity index (χ4v) is 1.45. The Bertz CT molecular complexity index is 420. The van der Waals surface area contributed by atoms with E-state index in [4.69, 9.17) is 15.3 Å².